The number of nitrogens with zero attached hydrogens (tertiary/aromatic N) is 1. The van der Waals surface area contributed by atoms with Crippen molar-refractivity contribution in [2.24, 2.45) is 5.16 Å². The Balaban J connectivity index is 1.72. The number of oxime groups is 1. The van der Waals surface area contributed by atoms with Crippen LogP contribution in [0.3, 0.4) is 0 Å². The highest BCUT2D eigenvalue weighted by Crippen LogP contribution is 2.50. The van der Waals surface area contributed by atoms with Crippen molar-refractivity contribution in [3.05, 3.63) is 65.7 Å². The zero-order valence-corrected chi connectivity index (χ0v) is 16.4. The minimum absolute atomic E-state index is 0.264. The molecule has 0 aromatic heterocycles. The van der Waals surface area contributed by atoms with Crippen LogP contribution in [-0.4, -0.2) is 29.8 Å². The maximum Gasteiger partial charge on any atom is 0.193 e. The topological polar surface area (TPSA) is 43.4 Å². The fraction of sp³-hybridized carbons (Fsp3) is 0.316. The second-order valence-corrected chi connectivity index (χ2v) is 8.49. The van der Waals surface area contributed by atoms with Gasteiger partial charge in [0.25, 0.3) is 0 Å². The van der Waals surface area contributed by atoms with Gasteiger partial charge in [0.15, 0.2) is 3.79 Å². The van der Waals surface area contributed by atoms with Gasteiger partial charge in [0.2, 0.25) is 0 Å². The highest BCUT2D eigenvalue weighted by Gasteiger charge is 2.51. The number of alkyl halides is 3. The van der Waals surface area contributed by atoms with Crippen LogP contribution >= 0.6 is 34.8 Å². The van der Waals surface area contributed by atoms with E-state index in [4.69, 9.17) is 49.1 Å². The lowest BCUT2D eigenvalue weighted by Gasteiger charge is -2.18. The maximum atomic E-state index is 5.94. The van der Waals surface area contributed by atoms with Crippen molar-refractivity contribution in [1.29, 1.82) is 0 Å². The van der Waals surface area contributed by atoms with E-state index in [1.54, 1.807) is 0 Å². The molecular formula is C19H18Cl3NO3. The van der Waals surface area contributed by atoms with Crippen molar-refractivity contribution >= 4 is 40.5 Å². The van der Waals surface area contributed by atoms with Crippen LogP contribution in [0.2, 0.25) is 0 Å². The zero-order valence-electron chi connectivity index (χ0n) is 14.1. The standard InChI is InChI=1S/C19H18Cl3NO3/c1-24-23-17(14-6-3-2-4-7-14)11-25-16-9-5-8-15(10-16)18(13-26-18)12-19(20,21)22/h2-10H,11-13H2,1H3. The average Bonchev–Trinajstić information content (AvgIpc) is 3.38. The van der Waals surface area contributed by atoms with Gasteiger partial charge < -0.3 is 14.3 Å². The summed E-state index contributed by atoms with van der Waals surface area (Å²) in [5.41, 5.74) is 1.99. The Labute approximate surface area is 167 Å². The van der Waals surface area contributed by atoms with Crippen LogP contribution < -0.4 is 4.74 Å². The molecule has 0 spiro atoms. The van der Waals surface area contributed by atoms with Gasteiger partial charge in [-0.1, -0.05) is 82.4 Å². The van der Waals surface area contributed by atoms with Gasteiger partial charge in [-0.05, 0) is 17.7 Å². The third-order valence-electron chi connectivity index (χ3n) is 4.02. The molecule has 1 aliphatic heterocycles. The molecule has 0 radical (unpaired) electrons. The van der Waals surface area contributed by atoms with E-state index in [1.807, 2.05) is 54.6 Å². The van der Waals surface area contributed by atoms with E-state index in [0.717, 1.165) is 11.1 Å². The minimum atomic E-state index is -1.38. The van der Waals surface area contributed by atoms with Crippen molar-refractivity contribution in [3.8, 4) is 5.75 Å². The van der Waals surface area contributed by atoms with Crippen molar-refractivity contribution in [1.82, 2.24) is 0 Å². The van der Waals surface area contributed by atoms with Crippen LogP contribution in [0.15, 0.2) is 59.8 Å². The normalized spacial score (nSPS) is 19.9. The molecule has 0 amide bonds. The van der Waals surface area contributed by atoms with Crippen LogP contribution in [0.4, 0.5) is 0 Å². The van der Waals surface area contributed by atoms with Crippen LogP contribution in [0.1, 0.15) is 17.5 Å². The summed E-state index contributed by atoms with van der Waals surface area (Å²) < 4.78 is 10.1. The Hall–Kier alpha value is -1.46. The number of hydrogen-bond donors (Lipinski definition) is 0. The van der Waals surface area contributed by atoms with Gasteiger partial charge in [0.05, 0.1) is 6.61 Å². The molecule has 138 valence electrons. The van der Waals surface area contributed by atoms with Crippen molar-refractivity contribution < 1.29 is 14.3 Å². The summed E-state index contributed by atoms with van der Waals surface area (Å²) in [6.07, 6.45) is 0.286. The van der Waals surface area contributed by atoms with Crippen LogP contribution in [0.25, 0.3) is 0 Å². The summed E-state index contributed by atoms with van der Waals surface area (Å²) in [6.45, 7) is 0.782. The number of ether oxygens (including phenoxy) is 2. The number of epoxide rings is 1. The first-order valence-corrected chi connectivity index (χ1v) is 9.15. The molecule has 26 heavy (non-hydrogen) atoms. The molecule has 7 heteroatoms. The van der Waals surface area contributed by atoms with Gasteiger partial charge in [-0.25, -0.2) is 0 Å². The highest BCUT2D eigenvalue weighted by molar-refractivity contribution is 6.67. The molecule has 4 nitrogen and oxygen atoms in total. The molecule has 2 aromatic rings. The molecule has 1 unspecified atom stereocenters. The molecule has 0 bridgehead atoms. The predicted molar refractivity (Wildman–Crippen MR) is 104 cm³/mol. The van der Waals surface area contributed by atoms with Gasteiger partial charge in [-0.15, -0.1) is 0 Å². The molecular weight excluding hydrogens is 397 g/mol. The molecule has 3 rings (SSSR count). The Morgan fingerprint density at radius 1 is 1.15 bits per heavy atom. The number of rotatable bonds is 7. The fourth-order valence-corrected chi connectivity index (χ4v) is 3.35. The summed E-state index contributed by atoms with van der Waals surface area (Å²) in [5.74, 6) is 0.682. The van der Waals surface area contributed by atoms with E-state index < -0.39 is 9.39 Å². The van der Waals surface area contributed by atoms with Crippen molar-refractivity contribution in [3.63, 3.8) is 0 Å². The van der Waals surface area contributed by atoms with Gasteiger partial charge in [0, 0.05) is 12.0 Å². The molecule has 1 saturated heterocycles. The largest absolute Gasteiger partial charge is 0.487 e. The molecule has 1 atom stereocenters. The highest BCUT2D eigenvalue weighted by atomic mass is 35.6. The number of benzene rings is 2. The smallest absolute Gasteiger partial charge is 0.193 e. The third kappa shape index (κ3) is 5.04. The van der Waals surface area contributed by atoms with E-state index in [2.05, 4.69) is 5.16 Å². The Morgan fingerprint density at radius 3 is 2.50 bits per heavy atom. The van der Waals surface area contributed by atoms with E-state index in [9.17, 15) is 0 Å². The SMILES string of the molecule is CON=C(COc1cccc(C2(CC(Cl)(Cl)Cl)CO2)c1)c1ccccc1. The molecule has 1 fully saturated rings. The summed E-state index contributed by atoms with van der Waals surface area (Å²) in [5, 5.41) is 4.06. The first-order valence-electron chi connectivity index (χ1n) is 8.01. The Morgan fingerprint density at radius 2 is 1.88 bits per heavy atom. The summed E-state index contributed by atoms with van der Waals surface area (Å²) in [6, 6.07) is 17.3. The second-order valence-electron chi connectivity index (χ2n) is 5.98. The summed E-state index contributed by atoms with van der Waals surface area (Å²) in [4.78, 5) is 4.93. The molecule has 1 aliphatic rings. The second kappa shape index (κ2) is 8.05. The summed E-state index contributed by atoms with van der Waals surface area (Å²) >= 11 is 17.8. The monoisotopic (exact) mass is 413 g/mol. The van der Waals surface area contributed by atoms with E-state index in [1.165, 1.54) is 7.11 Å². The average molecular weight is 415 g/mol. The fourth-order valence-electron chi connectivity index (χ4n) is 2.71. The maximum absolute atomic E-state index is 5.94. The van der Waals surface area contributed by atoms with Gasteiger partial charge >= 0.3 is 0 Å². The first kappa shape index (κ1) is 19.3. The molecule has 1 heterocycles. The van der Waals surface area contributed by atoms with Crippen molar-refractivity contribution in [2.45, 2.75) is 15.8 Å². The molecule has 2 aromatic carbocycles. The molecule has 0 aliphatic carbocycles. The Bertz CT molecular complexity index is 771. The molecule has 0 N–H and O–H groups in total. The number of halogens is 3. The lowest BCUT2D eigenvalue weighted by Crippen LogP contribution is -2.18. The Kier molecular flexibility index (Phi) is 5.98. The lowest BCUT2D eigenvalue weighted by molar-refractivity contribution is 0.210. The number of hydrogen-bond acceptors (Lipinski definition) is 4. The third-order valence-corrected chi connectivity index (χ3v) is 4.42. The first-order chi connectivity index (χ1) is 12.4. The van der Waals surface area contributed by atoms with Crippen LogP contribution in [-0.2, 0) is 15.2 Å². The quantitative estimate of drug-likeness (QED) is 0.274. The molecule has 0 saturated carbocycles. The van der Waals surface area contributed by atoms with E-state index in [-0.39, 0.29) is 13.0 Å². The van der Waals surface area contributed by atoms with E-state index in [0.29, 0.717) is 18.1 Å². The summed E-state index contributed by atoms with van der Waals surface area (Å²) in [7, 11) is 1.51. The minimum Gasteiger partial charge on any atom is -0.487 e. The van der Waals surface area contributed by atoms with E-state index >= 15 is 0 Å². The van der Waals surface area contributed by atoms with Gasteiger partial charge in [0.1, 0.15) is 30.8 Å². The predicted octanol–water partition coefficient (Wildman–Crippen LogP) is 5.10. The van der Waals surface area contributed by atoms with Crippen LogP contribution in [0.5, 0.6) is 5.75 Å². The zero-order chi connectivity index (χ0) is 18.6. The van der Waals surface area contributed by atoms with Crippen LogP contribution in [0, 0.1) is 0 Å². The van der Waals surface area contributed by atoms with Crippen molar-refractivity contribution in [2.75, 3.05) is 20.3 Å². The van der Waals surface area contributed by atoms with Gasteiger partial charge in [-0.2, -0.15) is 0 Å². The lowest BCUT2D eigenvalue weighted by atomic mass is 9.97. The van der Waals surface area contributed by atoms with Gasteiger partial charge in [-0.3, -0.25) is 0 Å².